The maximum absolute atomic E-state index is 13.3. The Labute approximate surface area is 167 Å². The first-order chi connectivity index (χ1) is 13.3. The minimum absolute atomic E-state index is 0.0598. The van der Waals surface area contributed by atoms with Gasteiger partial charge in [0.1, 0.15) is 11.6 Å². The molecule has 0 aliphatic rings. The Hall–Kier alpha value is -2.59. The molecule has 0 bridgehead atoms. The van der Waals surface area contributed by atoms with Crippen molar-refractivity contribution in [1.82, 2.24) is 15.6 Å². The zero-order valence-corrected chi connectivity index (χ0v) is 15.9. The summed E-state index contributed by atoms with van der Waals surface area (Å²) in [6, 6.07) is 3.78. The molecule has 0 aliphatic heterocycles. The Morgan fingerprint density at radius 3 is 2.75 bits per heavy atom. The number of nitrogens with zero attached hydrogens (tertiary/aromatic N) is 1. The number of alkyl halides is 2. The number of carbonyl (C=O) groups excluding carboxylic acids is 2. The van der Waals surface area contributed by atoms with Crippen molar-refractivity contribution >= 4 is 34.8 Å². The number of ether oxygens (including phenoxy) is 1. The highest BCUT2D eigenvalue weighted by atomic mass is 35.5. The monoisotopic (exact) mass is 433 g/mol. The molecule has 28 heavy (non-hydrogen) atoms. The number of carbonyl (C=O) groups is 2. The number of benzene rings is 1. The predicted octanol–water partition coefficient (Wildman–Crippen LogP) is 3.70. The van der Waals surface area contributed by atoms with Crippen molar-refractivity contribution in [2.24, 2.45) is 0 Å². The number of rotatable bonds is 9. The van der Waals surface area contributed by atoms with Gasteiger partial charge in [-0.3, -0.25) is 9.59 Å². The molecule has 1 aromatic carbocycles. The molecule has 2 rings (SSSR count). The predicted molar refractivity (Wildman–Crippen MR) is 98.2 cm³/mol. The molecule has 2 N–H and O–H groups in total. The number of nitrogens with one attached hydrogen (secondary N) is 2. The van der Waals surface area contributed by atoms with Gasteiger partial charge in [0.05, 0.1) is 9.90 Å². The largest absolute Gasteiger partial charge is 0.484 e. The van der Waals surface area contributed by atoms with Crippen LogP contribution in [0.2, 0.25) is 5.02 Å². The van der Waals surface area contributed by atoms with Crippen LogP contribution in [0, 0.1) is 5.82 Å². The van der Waals surface area contributed by atoms with Gasteiger partial charge < -0.3 is 15.4 Å². The summed E-state index contributed by atoms with van der Waals surface area (Å²) in [4.78, 5) is 26.9. The molecular formula is C17H15ClF3N3O3S. The molecule has 1 heterocycles. The van der Waals surface area contributed by atoms with E-state index in [0.717, 1.165) is 12.3 Å². The second-order valence-electron chi connectivity index (χ2n) is 5.39. The van der Waals surface area contributed by atoms with Crippen LogP contribution in [0.3, 0.4) is 0 Å². The highest BCUT2D eigenvalue weighted by Gasteiger charge is 2.16. The minimum Gasteiger partial charge on any atom is -0.484 e. The van der Waals surface area contributed by atoms with Crippen LogP contribution in [0.25, 0.3) is 0 Å². The highest BCUT2D eigenvalue weighted by molar-refractivity contribution is 7.13. The lowest BCUT2D eigenvalue weighted by atomic mass is 10.3. The molecule has 0 atom stereocenters. The SMILES string of the molecule is C=C(CCNC(=O)c1ncc(C(F)F)s1)NC(=O)COc1ccc(Cl)c(F)c1. The lowest BCUT2D eigenvalue weighted by Crippen LogP contribution is -2.30. The van der Waals surface area contributed by atoms with Crippen molar-refractivity contribution in [3.05, 3.63) is 57.4 Å². The van der Waals surface area contributed by atoms with Gasteiger partial charge >= 0.3 is 0 Å². The second kappa shape index (κ2) is 10.1. The van der Waals surface area contributed by atoms with Gasteiger partial charge in [-0.05, 0) is 12.1 Å². The van der Waals surface area contributed by atoms with Crippen molar-refractivity contribution in [3.63, 3.8) is 0 Å². The van der Waals surface area contributed by atoms with Gasteiger partial charge in [-0.25, -0.2) is 18.2 Å². The standard InChI is InChI=1S/C17H15ClF3N3O3S/c1-9(4-5-22-16(26)17-23-7-13(28-17)15(20)21)24-14(25)8-27-10-2-3-11(18)12(19)6-10/h2-3,6-7,15H,1,4-5,8H2,(H,22,26)(H,24,25). The Morgan fingerprint density at radius 2 is 2.11 bits per heavy atom. The van der Waals surface area contributed by atoms with Crippen LogP contribution in [0.15, 0.2) is 36.7 Å². The number of aromatic nitrogens is 1. The molecule has 0 unspecified atom stereocenters. The van der Waals surface area contributed by atoms with Crippen LogP contribution in [0.5, 0.6) is 5.75 Å². The second-order valence-corrected chi connectivity index (χ2v) is 6.86. The molecule has 2 aromatic rings. The zero-order valence-electron chi connectivity index (χ0n) is 14.3. The van der Waals surface area contributed by atoms with E-state index in [1.165, 1.54) is 12.1 Å². The van der Waals surface area contributed by atoms with Gasteiger partial charge in [-0.15, -0.1) is 11.3 Å². The Morgan fingerprint density at radius 1 is 1.36 bits per heavy atom. The summed E-state index contributed by atoms with van der Waals surface area (Å²) in [5.74, 6) is -1.64. The quantitative estimate of drug-likeness (QED) is 0.632. The molecule has 1 aromatic heterocycles. The van der Waals surface area contributed by atoms with E-state index in [9.17, 15) is 22.8 Å². The smallest absolute Gasteiger partial charge is 0.280 e. The van der Waals surface area contributed by atoms with Crippen LogP contribution in [-0.2, 0) is 4.79 Å². The van der Waals surface area contributed by atoms with Gasteiger partial charge in [-0.2, -0.15) is 0 Å². The molecule has 0 spiro atoms. The molecule has 11 heteroatoms. The third-order valence-corrected chi connectivity index (χ3v) is 4.53. The van der Waals surface area contributed by atoms with E-state index in [4.69, 9.17) is 16.3 Å². The molecule has 2 amide bonds. The maximum atomic E-state index is 13.3. The normalized spacial score (nSPS) is 10.6. The first-order valence-electron chi connectivity index (χ1n) is 7.84. The molecule has 6 nitrogen and oxygen atoms in total. The van der Waals surface area contributed by atoms with Gasteiger partial charge in [0, 0.05) is 30.9 Å². The fraction of sp³-hybridized carbons (Fsp3) is 0.235. The van der Waals surface area contributed by atoms with E-state index >= 15 is 0 Å². The molecule has 0 saturated heterocycles. The highest BCUT2D eigenvalue weighted by Crippen LogP contribution is 2.24. The van der Waals surface area contributed by atoms with Gasteiger partial charge in [0.2, 0.25) is 0 Å². The summed E-state index contributed by atoms with van der Waals surface area (Å²) in [7, 11) is 0. The minimum atomic E-state index is -2.68. The van der Waals surface area contributed by atoms with E-state index < -0.39 is 24.1 Å². The van der Waals surface area contributed by atoms with Crippen molar-refractivity contribution in [1.29, 1.82) is 0 Å². The fourth-order valence-electron chi connectivity index (χ4n) is 1.91. The molecule has 0 fully saturated rings. The van der Waals surface area contributed by atoms with Gasteiger partial charge in [0.15, 0.2) is 11.6 Å². The number of halogens is 4. The first kappa shape index (κ1) is 21.7. The molecular weight excluding hydrogens is 419 g/mol. The maximum Gasteiger partial charge on any atom is 0.280 e. The van der Waals surface area contributed by atoms with Crippen LogP contribution in [-0.4, -0.2) is 29.9 Å². The summed E-state index contributed by atoms with van der Waals surface area (Å²) in [6.07, 6.45) is -1.52. The van der Waals surface area contributed by atoms with Crippen molar-refractivity contribution < 1.29 is 27.5 Å². The average molecular weight is 434 g/mol. The average Bonchev–Trinajstić information content (AvgIpc) is 3.13. The lowest BCUT2D eigenvalue weighted by molar-refractivity contribution is -0.122. The van der Waals surface area contributed by atoms with Crippen molar-refractivity contribution in [2.45, 2.75) is 12.8 Å². The number of hydrogen-bond acceptors (Lipinski definition) is 5. The molecule has 0 saturated carbocycles. The third-order valence-electron chi connectivity index (χ3n) is 3.22. The summed E-state index contributed by atoms with van der Waals surface area (Å²) >= 11 is 6.16. The number of thiazole rings is 1. The molecule has 150 valence electrons. The zero-order chi connectivity index (χ0) is 20.7. The molecule has 0 radical (unpaired) electrons. The van der Waals surface area contributed by atoms with E-state index in [2.05, 4.69) is 22.2 Å². The van der Waals surface area contributed by atoms with Crippen LogP contribution in [0.1, 0.15) is 27.5 Å². The van der Waals surface area contributed by atoms with E-state index in [1.54, 1.807) is 0 Å². The third kappa shape index (κ3) is 6.54. The summed E-state index contributed by atoms with van der Waals surface area (Å²) in [5.41, 5.74) is 0.309. The summed E-state index contributed by atoms with van der Waals surface area (Å²) in [6.45, 7) is 3.39. The van der Waals surface area contributed by atoms with E-state index in [-0.39, 0.29) is 40.2 Å². The van der Waals surface area contributed by atoms with Crippen LogP contribution in [0.4, 0.5) is 13.2 Å². The van der Waals surface area contributed by atoms with Gasteiger partial charge in [-0.1, -0.05) is 18.2 Å². The number of amides is 2. The van der Waals surface area contributed by atoms with E-state index in [1.807, 2.05) is 0 Å². The lowest BCUT2D eigenvalue weighted by Gasteiger charge is -2.10. The van der Waals surface area contributed by atoms with Crippen LogP contribution < -0.4 is 15.4 Å². The Kier molecular flexibility index (Phi) is 7.82. The Bertz CT molecular complexity index is 876. The summed E-state index contributed by atoms with van der Waals surface area (Å²) in [5, 5.41) is 4.82. The van der Waals surface area contributed by atoms with Crippen molar-refractivity contribution in [2.75, 3.05) is 13.2 Å². The van der Waals surface area contributed by atoms with Gasteiger partial charge in [0.25, 0.3) is 18.2 Å². The molecule has 0 aliphatic carbocycles. The summed E-state index contributed by atoms with van der Waals surface area (Å²) < 4.78 is 43.4. The topological polar surface area (TPSA) is 80.3 Å². The van der Waals surface area contributed by atoms with Crippen LogP contribution >= 0.6 is 22.9 Å². The number of hydrogen-bond donors (Lipinski definition) is 2. The van der Waals surface area contributed by atoms with Crippen molar-refractivity contribution in [3.8, 4) is 5.75 Å². The first-order valence-corrected chi connectivity index (χ1v) is 9.03. The van der Waals surface area contributed by atoms with E-state index in [0.29, 0.717) is 17.0 Å². The Balaban J connectivity index is 1.69. The fourth-order valence-corrected chi connectivity index (χ4v) is 2.71.